The van der Waals surface area contributed by atoms with Gasteiger partial charge in [0.05, 0.1) is 0 Å². The molecule has 0 saturated carbocycles. The van der Waals surface area contributed by atoms with E-state index in [1.807, 2.05) is 28.6 Å². The second kappa shape index (κ2) is 6.40. The quantitative estimate of drug-likeness (QED) is 0.777. The lowest BCUT2D eigenvalue weighted by atomic mass is 10.1. The summed E-state index contributed by atoms with van der Waals surface area (Å²) in [5, 5.41) is 3.23. The second-order valence-corrected chi connectivity index (χ2v) is 6.64. The Labute approximate surface area is 105 Å². The lowest BCUT2D eigenvalue weighted by Crippen LogP contribution is -2.00. The van der Waals surface area contributed by atoms with E-state index in [1.165, 1.54) is 41.4 Å². The van der Waals surface area contributed by atoms with Crippen LogP contribution in [-0.4, -0.2) is 23.5 Å². The largest absolute Gasteiger partial charge is 0.388 e. The van der Waals surface area contributed by atoms with E-state index in [0.29, 0.717) is 0 Å². The number of fused-ring (bicyclic) bond motifs is 2. The average Bonchev–Trinajstić information content (AvgIpc) is 2.34. The van der Waals surface area contributed by atoms with Crippen molar-refractivity contribution in [2.75, 3.05) is 23.9 Å². The molecule has 0 aromatic carbocycles. The van der Waals surface area contributed by atoms with Gasteiger partial charge >= 0.3 is 0 Å². The Hall–Kier alpha value is -0.350. The van der Waals surface area contributed by atoms with Crippen molar-refractivity contribution < 1.29 is 0 Å². The van der Waals surface area contributed by atoms with Gasteiger partial charge in [0.15, 0.2) is 0 Å². The van der Waals surface area contributed by atoms with Crippen molar-refractivity contribution in [2.24, 2.45) is 0 Å². The van der Waals surface area contributed by atoms with Gasteiger partial charge in [-0.25, -0.2) is 0 Å². The molecule has 1 aliphatic rings. The molecule has 0 fully saturated rings. The van der Waals surface area contributed by atoms with Crippen molar-refractivity contribution in [1.82, 2.24) is 4.98 Å². The summed E-state index contributed by atoms with van der Waals surface area (Å²) in [6.45, 7) is 0. The highest BCUT2D eigenvalue weighted by Gasteiger charge is 2.05. The fourth-order valence-electron chi connectivity index (χ4n) is 1.79. The van der Waals surface area contributed by atoms with Gasteiger partial charge in [-0.1, -0.05) is 21.6 Å². The van der Waals surface area contributed by atoms with E-state index in [9.17, 15) is 0 Å². The van der Waals surface area contributed by atoms with Crippen LogP contribution < -0.4 is 5.32 Å². The van der Waals surface area contributed by atoms with Crippen molar-refractivity contribution in [2.45, 2.75) is 25.7 Å². The Morgan fingerprint density at radius 1 is 1.06 bits per heavy atom. The van der Waals surface area contributed by atoms with E-state index >= 15 is 0 Å². The summed E-state index contributed by atoms with van der Waals surface area (Å²) < 4.78 is 0. The highest BCUT2D eigenvalue weighted by atomic mass is 33.1. The summed E-state index contributed by atoms with van der Waals surface area (Å²) in [5.41, 5.74) is 3.70. The van der Waals surface area contributed by atoms with Gasteiger partial charge in [0, 0.05) is 35.6 Å². The Balaban J connectivity index is 2.16. The molecule has 0 spiro atoms. The predicted molar refractivity (Wildman–Crippen MR) is 75.3 cm³/mol. The predicted octanol–water partition coefficient (Wildman–Crippen LogP) is 3.38. The van der Waals surface area contributed by atoms with E-state index < -0.39 is 0 Å². The number of anilines is 1. The first-order valence-electron chi connectivity index (χ1n) is 5.80. The van der Waals surface area contributed by atoms with Crippen molar-refractivity contribution >= 4 is 27.3 Å². The highest BCUT2D eigenvalue weighted by Crippen LogP contribution is 2.25. The van der Waals surface area contributed by atoms with Gasteiger partial charge in [-0.3, -0.25) is 4.98 Å². The number of aromatic nitrogens is 1. The van der Waals surface area contributed by atoms with Crippen LogP contribution in [0, 0.1) is 0 Å². The Morgan fingerprint density at radius 2 is 1.62 bits per heavy atom. The molecule has 4 heteroatoms. The molecule has 16 heavy (non-hydrogen) atoms. The zero-order valence-corrected chi connectivity index (χ0v) is 11.3. The first-order chi connectivity index (χ1) is 7.88. The van der Waals surface area contributed by atoms with Crippen molar-refractivity contribution in [3.8, 4) is 0 Å². The number of hydrogen-bond donors (Lipinski definition) is 1. The number of rotatable bonds is 1. The van der Waals surface area contributed by atoms with Crippen LogP contribution in [0.2, 0.25) is 0 Å². The maximum absolute atomic E-state index is 4.73. The summed E-state index contributed by atoms with van der Waals surface area (Å²) in [4.78, 5) is 4.73. The third kappa shape index (κ3) is 3.59. The summed E-state index contributed by atoms with van der Waals surface area (Å²) in [6.07, 6.45) is 4.68. The van der Waals surface area contributed by atoms with E-state index in [2.05, 4.69) is 17.4 Å². The van der Waals surface area contributed by atoms with Gasteiger partial charge in [0.2, 0.25) is 0 Å². The minimum Gasteiger partial charge on any atom is -0.388 e. The van der Waals surface area contributed by atoms with Crippen molar-refractivity contribution in [1.29, 1.82) is 0 Å². The molecule has 1 aromatic rings. The van der Waals surface area contributed by atoms with Crippen LogP contribution in [0.5, 0.6) is 0 Å². The monoisotopic (exact) mass is 254 g/mol. The number of aryl methyl sites for hydroxylation is 2. The lowest BCUT2D eigenvalue weighted by Gasteiger charge is -2.07. The Kier molecular flexibility index (Phi) is 4.85. The molecular weight excluding hydrogens is 236 g/mol. The number of nitrogens with one attached hydrogen (secondary N) is 1. The van der Waals surface area contributed by atoms with Crippen LogP contribution >= 0.6 is 21.6 Å². The number of nitrogens with zero attached hydrogens (tertiary/aromatic N) is 1. The molecule has 0 aliphatic carbocycles. The summed E-state index contributed by atoms with van der Waals surface area (Å²) in [5.74, 6) is 2.48. The first-order valence-corrected chi connectivity index (χ1v) is 8.29. The number of pyridine rings is 1. The second-order valence-electron chi connectivity index (χ2n) is 3.94. The molecule has 1 aliphatic heterocycles. The third-order valence-corrected chi connectivity index (χ3v) is 5.20. The van der Waals surface area contributed by atoms with E-state index in [1.54, 1.807) is 0 Å². The van der Waals surface area contributed by atoms with Gasteiger partial charge in [-0.05, 0) is 37.8 Å². The topological polar surface area (TPSA) is 24.9 Å². The molecular formula is C12H18N2S2. The fraction of sp³-hybridized carbons (Fsp3) is 0.583. The molecule has 0 saturated heterocycles. The lowest BCUT2D eigenvalue weighted by molar-refractivity contribution is 0.842. The van der Waals surface area contributed by atoms with Crippen LogP contribution in [0.4, 0.5) is 5.69 Å². The SMILES string of the molecule is CNc1cc2nc(c1)CCCSSCCC2. The summed E-state index contributed by atoms with van der Waals surface area (Å²) >= 11 is 0. The molecule has 0 amide bonds. The maximum atomic E-state index is 4.73. The Bertz CT molecular complexity index is 314. The van der Waals surface area contributed by atoms with Crippen molar-refractivity contribution in [3.63, 3.8) is 0 Å². The normalized spacial score (nSPS) is 17.6. The molecule has 1 aromatic heterocycles. The summed E-state index contributed by atoms with van der Waals surface area (Å²) in [6, 6.07) is 4.36. The third-order valence-electron chi connectivity index (χ3n) is 2.62. The van der Waals surface area contributed by atoms with Gasteiger partial charge in [-0.2, -0.15) is 0 Å². The molecule has 2 nitrogen and oxygen atoms in total. The molecule has 2 bridgehead atoms. The van der Waals surface area contributed by atoms with Crippen molar-refractivity contribution in [3.05, 3.63) is 23.5 Å². The molecule has 2 rings (SSSR count). The van der Waals surface area contributed by atoms with E-state index in [4.69, 9.17) is 4.98 Å². The van der Waals surface area contributed by atoms with Gasteiger partial charge < -0.3 is 5.32 Å². The standard InChI is InChI=1S/C12H18N2S2/c1-13-12-8-10-4-2-6-15-16-7-3-5-11(9-12)14-10/h8-9H,2-7H2,1H3,(H,13,14). The fourth-order valence-corrected chi connectivity index (χ4v) is 3.97. The van der Waals surface area contributed by atoms with Crippen LogP contribution in [0.15, 0.2) is 12.1 Å². The minimum absolute atomic E-state index is 1.11. The smallest absolute Gasteiger partial charge is 0.0427 e. The molecule has 2 heterocycles. The van der Waals surface area contributed by atoms with Crippen LogP contribution in [-0.2, 0) is 12.8 Å². The maximum Gasteiger partial charge on any atom is 0.0427 e. The highest BCUT2D eigenvalue weighted by molar-refractivity contribution is 8.76. The molecule has 88 valence electrons. The van der Waals surface area contributed by atoms with Gasteiger partial charge in [0.1, 0.15) is 0 Å². The zero-order valence-electron chi connectivity index (χ0n) is 9.66. The van der Waals surface area contributed by atoms with Crippen LogP contribution in [0.3, 0.4) is 0 Å². The Morgan fingerprint density at radius 3 is 2.12 bits per heavy atom. The number of hydrogen-bond acceptors (Lipinski definition) is 4. The summed E-state index contributed by atoms with van der Waals surface area (Å²) in [7, 11) is 5.99. The van der Waals surface area contributed by atoms with E-state index in [0.717, 1.165) is 12.8 Å². The van der Waals surface area contributed by atoms with Crippen LogP contribution in [0.25, 0.3) is 0 Å². The zero-order chi connectivity index (χ0) is 11.2. The molecule has 0 unspecified atom stereocenters. The van der Waals surface area contributed by atoms with Gasteiger partial charge in [-0.15, -0.1) is 0 Å². The first kappa shape index (κ1) is 12.1. The molecule has 0 atom stereocenters. The average molecular weight is 254 g/mol. The van der Waals surface area contributed by atoms with Gasteiger partial charge in [0.25, 0.3) is 0 Å². The molecule has 1 N–H and O–H groups in total. The van der Waals surface area contributed by atoms with E-state index in [-0.39, 0.29) is 0 Å². The minimum atomic E-state index is 1.11. The molecule has 0 radical (unpaired) electrons. The van der Waals surface area contributed by atoms with Crippen LogP contribution in [0.1, 0.15) is 24.2 Å².